The van der Waals surface area contributed by atoms with Crippen LogP contribution in [0.4, 0.5) is 0 Å². The van der Waals surface area contributed by atoms with Crippen LogP contribution in [0.15, 0.2) is 72.8 Å². The molecule has 0 spiro atoms. The quantitative estimate of drug-likeness (QED) is 0.114. The van der Waals surface area contributed by atoms with E-state index < -0.39 is 25.4 Å². The molecule has 0 saturated carbocycles. The summed E-state index contributed by atoms with van der Waals surface area (Å²) in [4.78, 5) is 0. The van der Waals surface area contributed by atoms with Gasteiger partial charge in [0.2, 0.25) is 0 Å². The zero-order valence-corrected chi connectivity index (χ0v) is 59.0. The minimum Gasteiger partial charge on any atom is -0.296 e. The Morgan fingerprint density at radius 1 is 0.207 bits per heavy atom. The molecule has 0 N–H and O–H groups in total. The van der Waals surface area contributed by atoms with Gasteiger partial charge in [-0.3, -0.25) is 13.6 Å². The van der Waals surface area contributed by atoms with Crippen molar-refractivity contribution in [3.8, 4) is 0 Å². The summed E-state index contributed by atoms with van der Waals surface area (Å²) in [7, 11) is -2.48. The SMILES string of the molecule is Cc1cc(C)c(C(C)(OP(OC(C)(c2c(C)cc(C)cc2C(C)(C)C)c2c(C)cc(C)cc2C(C)(C)C)OC(C)(c2c(C)cc(C)cc2C(C)(C)C)c2c(C)cc(C)cc2C(C)(C)C)c2c(C)cc(C)cc2C(C)(C)C)c(C(C)(C)C)c1. The summed E-state index contributed by atoms with van der Waals surface area (Å²) in [6.45, 7) is 76.6. The number of rotatable bonds is 12. The summed E-state index contributed by atoms with van der Waals surface area (Å²) >= 11 is 0. The maximum absolute atomic E-state index is 8.78. The number of aryl methyl sites for hydroxylation is 12. The van der Waals surface area contributed by atoms with Crippen molar-refractivity contribution >= 4 is 8.60 Å². The van der Waals surface area contributed by atoms with E-state index >= 15 is 0 Å². The van der Waals surface area contributed by atoms with Gasteiger partial charge in [0.25, 0.3) is 0 Å². The highest BCUT2D eigenvalue weighted by atomic mass is 31.2. The molecule has 0 aromatic heterocycles. The number of hydrogen-bond donors (Lipinski definition) is 0. The van der Waals surface area contributed by atoms with Gasteiger partial charge in [-0.2, -0.15) is 0 Å². The minimum absolute atomic E-state index is 0.271. The topological polar surface area (TPSA) is 27.7 Å². The molecule has 0 saturated heterocycles. The molecule has 0 aliphatic rings. The molecular formula is C78H111O3P. The normalized spacial score (nSPS) is 13.7. The predicted molar refractivity (Wildman–Crippen MR) is 357 cm³/mol. The average molecular weight is 1130 g/mol. The van der Waals surface area contributed by atoms with Crippen LogP contribution in [0.2, 0.25) is 0 Å². The summed E-state index contributed by atoms with van der Waals surface area (Å²) < 4.78 is 26.3. The molecule has 6 rings (SSSR count). The van der Waals surface area contributed by atoms with Crippen LogP contribution in [0, 0.1) is 83.1 Å². The zero-order valence-electron chi connectivity index (χ0n) is 58.1. The van der Waals surface area contributed by atoms with Crippen molar-refractivity contribution in [1.82, 2.24) is 0 Å². The molecular weight excluding hydrogens is 1020 g/mol. The molecule has 0 amide bonds. The number of benzene rings is 6. The molecule has 82 heavy (non-hydrogen) atoms. The third-order valence-corrected chi connectivity index (χ3v) is 18.9. The van der Waals surface area contributed by atoms with Crippen molar-refractivity contribution in [2.75, 3.05) is 0 Å². The molecule has 3 nitrogen and oxygen atoms in total. The van der Waals surface area contributed by atoms with E-state index in [1.807, 2.05) is 0 Å². The van der Waals surface area contributed by atoms with E-state index in [4.69, 9.17) is 13.6 Å². The first-order valence-electron chi connectivity index (χ1n) is 30.6. The lowest BCUT2D eigenvalue weighted by Gasteiger charge is -2.48. The maximum atomic E-state index is 8.78. The molecule has 0 fully saturated rings. The fourth-order valence-electron chi connectivity index (χ4n) is 14.3. The van der Waals surface area contributed by atoms with Gasteiger partial charge < -0.3 is 0 Å². The Kier molecular flexibility index (Phi) is 18.3. The molecule has 6 aromatic carbocycles. The summed E-state index contributed by atoms with van der Waals surface area (Å²) in [6.07, 6.45) is 0. The summed E-state index contributed by atoms with van der Waals surface area (Å²) in [5.74, 6) is 0. The van der Waals surface area contributed by atoms with E-state index in [2.05, 4.69) is 301 Å². The smallest absolute Gasteiger partial charge is 0.296 e. The van der Waals surface area contributed by atoms with Crippen LogP contribution in [0.5, 0.6) is 0 Å². The van der Waals surface area contributed by atoms with Gasteiger partial charge in [0.15, 0.2) is 0 Å². The van der Waals surface area contributed by atoms with E-state index in [-0.39, 0.29) is 32.5 Å². The third kappa shape index (κ3) is 13.2. The molecule has 6 aromatic rings. The van der Waals surface area contributed by atoms with Gasteiger partial charge in [0, 0.05) is 0 Å². The Morgan fingerprint density at radius 3 is 0.439 bits per heavy atom. The second-order valence-electron chi connectivity index (χ2n) is 32.1. The van der Waals surface area contributed by atoms with Crippen molar-refractivity contribution in [2.24, 2.45) is 0 Å². The van der Waals surface area contributed by atoms with Crippen molar-refractivity contribution in [2.45, 2.75) is 278 Å². The predicted octanol–water partition coefficient (Wildman–Crippen LogP) is 22.6. The van der Waals surface area contributed by atoms with Gasteiger partial charge in [-0.05, 0) is 236 Å². The Labute approximate surface area is 503 Å². The average Bonchev–Trinajstić information content (AvgIpc) is 3.25. The molecule has 0 aliphatic carbocycles. The highest BCUT2D eigenvalue weighted by Gasteiger charge is 2.52. The van der Waals surface area contributed by atoms with Crippen molar-refractivity contribution < 1.29 is 13.6 Å². The monoisotopic (exact) mass is 1130 g/mol. The Bertz CT molecular complexity index is 2820. The first kappa shape index (κ1) is 66.8. The lowest BCUT2D eigenvalue weighted by Crippen LogP contribution is -2.40. The molecule has 0 unspecified atom stereocenters. The van der Waals surface area contributed by atoms with Crippen LogP contribution in [0.1, 0.15) is 279 Å². The van der Waals surface area contributed by atoms with Gasteiger partial charge >= 0.3 is 8.60 Å². The molecule has 0 bridgehead atoms. The zero-order chi connectivity index (χ0) is 62.5. The van der Waals surface area contributed by atoms with Gasteiger partial charge in [-0.1, -0.05) is 231 Å². The second-order valence-corrected chi connectivity index (χ2v) is 33.1. The second kappa shape index (κ2) is 22.5. The minimum atomic E-state index is -2.48. The van der Waals surface area contributed by atoms with Gasteiger partial charge in [0.05, 0.1) is 0 Å². The van der Waals surface area contributed by atoms with Crippen LogP contribution >= 0.6 is 8.60 Å². The van der Waals surface area contributed by atoms with E-state index in [1.165, 1.54) is 100 Å². The fraction of sp³-hybridized carbons (Fsp3) is 0.538. The largest absolute Gasteiger partial charge is 0.336 e. The van der Waals surface area contributed by atoms with E-state index in [0.29, 0.717) is 0 Å². The number of hydrogen-bond acceptors (Lipinski definition) is 3. The Balaban J connectivity index is 2.01. The van der Waals surface area contributed by atoms with E-state index in [1.54, 1.807) is 0 Å². The highest BCUT2D eigenvalue weighted by Crippen LogP contribution is 2.64. The standard InChI is InChI=1S/C78H111O3P/c1-46-34-52(7)64(58(40-46)70(13,14)15)76(31,65-53(8)35-47(2)41-59(65)71(16,17)18)79-82(80-77(32,66-54(9)36-48(3)42-60(66)72(19,20)21)67-55(10)37-49(4)43-61(67)73(22,23)24)81-78(33,68-56(11)38-50(5)44-62(68)74(25,26)27)69-57(12)39-51(6)45-63(69)75(28,29)30/h34-45H,1-33H3. The molecule has 0 radical (unpaired) electrons. The lowest BCUT2D eigenvalue weighted by molar-refractivity contribution is -0.00365. The molecule has 0 atom stereocenters. The van der Waals surface area contributed by atoms with Crippen molar-refractivity contribution in [3.63, 3.8) is 0 Å². The van der Waals surface area contributed by atoms with Gasteiger partial charge in [0.1, 0.15) is 16.8 Å². The molecule has 0 heterocycles. The Morgan fingerprint density at radius 2 is 0.329 bits per heavy atom. The molecule has 4 heteroatoms. The van der Waals surface area contributed by atoms with Crippen LogP contribution in [0.3, 0.4) is 0 Å². The third-order valence-electron chi connectivity index (χ3n) is 17.4. The molecule has 0 aliphatic heterocycles. The van der Waals surface area contributed by atoms with Crippen LogP contribution in [-0.2, 0) is 62.9 Å². The van der Waals surface area contributed by atoms with Gasteiger partial charge in [-0.25, -0.2) is 0 Å². The molecule has 446 valence electrons. The van der Waals surface area contributed by atoms with Crippen molar-refractivity contribution in [1.29, 1.82) is 0 Å². The van der Waals surface area contributed by atoms with Crippen LogP contribution < -0.4 is 0 Å². The summed E-state index contributed by atoms with van der Waals surface area (Å²) in [5, 5.41) is 0. The summed E-state index contributed by atoms with van der Waals surface area (Å²) in [5.41, 5.74) is 23.7. The van der Waals surface area contributed by atoms with Gasteiger partial charge in [-0.15, -0.1) is 0 Å². The van der Waals surface area contributed by atoms with Crippen LogP contribution in [0.25, 0.3) is 0 Å². The summed E-state index contributed by atoms with van der Waals surface area (Å²) in [6, 6.07) is 28.6. The first-order chi connectivity index (χ1) is 37.0. The lowest BCUT2D eigenvalue weighted by atomic mass is 9.69. The van der Waals surface area contributed by atoms with E-state index in [0.717, 1.165) is 33.4 Å². The van der Waals surface area contributed by atoms with E-state index in [9.17, 15) is 0 Å². The van der Waals surface area contributed by atoms with Crippen molar-refractivity contribution in [3.05, 3.63) is 206 Å². The highest BCUT2D eigenvalue weighted by molar-refractivity contribution is 7.41. The fourth-order valence-corrected chi connectivity index (χ4v) is 15.9. The maximum Gasteiger partial charge on any atom is 0.336 e. The Hall–Kier alpha value is -4.37. The first-order valence-corrected chi connectivity index (χ1v) is 31.7. The van der Waals surface area contributed by atoms with Crippen LogP contribution in [-0.4, -0.2) is 0 Å².